The van der Waals surface area contributed by atoms with Crippen LogP contribution in [0.3, 0.4) is 0 Å². The number of primary amides is 1. The van der Waals surface area contributed by atoms with Gasteiger partial charge in [-0.3, -0.25) is 14.5 Å². The lowest BCUT2D eigenvalue weighted by molar-refractivity contribution is -0.150. The molecule has 1 aromatic heterocycles. The topological polar surface area (TPSA) is 174 Å². The van der Waals surface area contributed by atoms with Gasteiger partial charge in [-0.05, 0) is 12.1 Å². The van der Waals surface area contributed by atoms with E-state index in [9.17, 15) is 24.3 Å². The van der Waals surface area contributed by atoms with Crippen LogP contribution in [0.4, 0.5) is 4.79 Å². The number of rotatable bonds is 7. The van der Waals surface area contributed by atoms with E-state index in [2.05, 4.69) is 20.0 Å². The number of aliphatic carboxylic acids is 1. The largest absolute Gasteiger partial charge is 0.477 e. The third-order valence-electron chi connectivity index (χ3n) is 4.08. The number of nitrogens with one attached hydrogen (secondary N) is 1. The molecule has 2 aliphatic rings. The maximum absolute atomic E-state index is 12.6. The highest BCUT2D eigenvalue weighted by molar-refractivity contribution is 8.00. The number of carbonyl (C=O) groups is 4. The summed E-state index contributed by atoms with van der Waals surface area (Å²) in [5.74, 6) is -2.38. The van der Waals surface area contributed by atoms with Gasteiger partial charge in [-0.1, -0.05) is 5.16 Å². The molecule has 0 spiro atoms. The standard InChI is InChI=1S/C16H16N4O8S/c1-26-19-9(8-3-2-4-27-8)12(21)18-10-13(22)20-11(15(23)24)7(5-28-16(17)25)6-29-14(10)20/h2-4,10,14H,5-6H2,1H3,(H2,17,25)(H,18,21)(H,23,24)/b19-9+/t10-,14?/m0/s1. The molecule has 0 aromatic carbocycles. The molecule has 3 rings (SSSR count). The van der Waals surface area contributed by atoms with Gasteiger partial charge in [0.15, 0.2) is 5.76 Å². The number of nitrogens with zero attached hydrogens (tertiary/aromatic N) is 2. The van der Waals surface area contributed by atoms with E-state index in [4.69, 9.17) is 10.2 Å². The predicted octanol–water partition coefficient (Wildman–Crippen LogP) is -0.536. The van der Waals surface area contributed by atoms with Crippen molar-refractivity contribution >= 4 is 41.4 Å². The van der Waals surface area contributed by atoms with Crippen LogP contribution in [-0.2, 0) is 24.0 Å². The number of hydrogen-bond donors (Lipinski definition) is 3. The molecule has 29 heavy (non-hydrogen) atoms. The van der Waals surface area contributed by atoms with E-state index in [1.54, 1.807) is 6.07 Å². The summed E-state index contributed by atoms with van der Waals surface area (Å²) < 4.78 is 9.79. The summed E-state index contributed by atoms with van der Waals surface area (Å²) in [7, 11) is 1.25. The van der Waals surface area contributed by atoms with Gasteiger partial charge >= 0.3 is 12.1 Å². The molecule has 0 saturated carbocycles. The second-order valence-corrected chi connectivity index (χ2v) is 6.93. The zero-order valence-corrected chi connectivity index (χ0v) is 15.8. The Labute approximate surface area is 167 Å². The summed E-state index contributed by atoms with van der Waals surface area (Å²) in [6.07, 6.45) is 0.290. The van der Waals surface area contributed by atoms with Gasteiger partial charge in [0.25, 0.3) is 11.8 Å². The molecule has 13 heteroatoms. The summed E-state index contributed by atoms with van der Waals surface area (Å²) >= 11 is 1.21. The Morgan fingerprint density at radius 1 is 1.48 bits per heavy atom. The Morgan fingerprint density at radius 2 is 2.24 bits per heavy atom. The van der Waals surface area contributed by atoms with E-state index in [0.29, 0.717) is 0 Å². The van der Waals surface area contributed by atoms with E-state index >= 15 is 0 Å². The molecule has 1 saturated heterocycles. The second kappa shape index (κ2) is 8.26. The molecule has 0 radical (unpaired) electrons. The Balaban J connectivity index is 1.77. The highest BCUT2D eigenvalue weighted by atomic mass is 32.2. The van der Waals surface area contributed by atoms with Crippen LogP contribution in [0.25, 0.3) is 0 Å². The smallest absolute Gasteiger partial charge is 0.404 e. The van der Waals surface area contributed by atoms with Crippen LogP contribution in [-0.4, -0.2) is 70.5 Å². The quantitative estimate of drug-likeness (QED) is 0.295. The fraction of sp³-hybridized carbons (Fsp3) is 0.312. The van der Waals surface area contributed by atoms with Crippen LogP contribution in [0.1, 0.15) is 5.76 Å². The number of β-lactam (4-membered cyclic amide) rings is 1. The monoisotopic (exact) mass is 424 g/mol. The maximum atomic E-state index is 12.6. The fourth-order valence-electron chi connectivity index (χ4n) is 2.87. The summed E-state index contributed by atoms with van der Waals surface area (Å²) in [6.45, 7) is -0.347. The first kappa shape index (κ1) is 20.3. The minimum atomic E-state index is -1.35. The van der Waals surface area contributed by atoms with Crippen molar-refractivity contribution in [2.24, 2.45) is 10.9 Å². The zero-order valence-electron chi connectivity index (χ0n) is 15.0. The molecule has 2 aliphatic heterocycles. The third kappa shape index (κ3) is 3.89. The number of hydrogen-bond acceptors (Lipinski definition) is 9. The average molecular weight is 424 g/mol. The summed E-state index contributed by atoms with van der Waals surface area (Å²) in [5.41, 5.74) is 4.68. The molecule has 4 N–H and O–H groups in total. The summed E-state index contributed by atoms with van der Waals surface area (Å²) in [5, 5.41) is 15.0. The Bertz CT molecular complexity index is 910. The minimum absolute atomic E-state index is 0.140. The van der Waals surface area contributed by atoms with Crippen LogP contribution in [0, 0.1) is 0 Å². The Hall–Kier alpha value is -3.48. The number of thioether (sulfide) groups is 1. The van der Waals surface area contributed by atoms with Crippen LogP contribution in [0.15, 0.2) is 39.2 Å². The number of ether oxygens (including phenoxy) is 1. The van der Waals surface area contributed by atoms with Crippen LogP contribution in [0.5, 0.6) is 0 Å². The fourth-order valence-corrected chi connectivity index (χ4v) is 4.19. The summed E-state index contributed by atoms with van der Waals surface area (Å²) in [6, 6.07) is 2.08. The van der Waals surface area contributed by atoms with E-state index in [1.807, 2.05) is 0 Å². The van der Waals surface area contributed by atoms with Gasteiger partial charge < -0.3 is 30.1 Å². The highest BCUT2D eigenvalue weighted by Gasteiger charge is 2.54. The highest BCUT2D eigenvalue weighted by Crippen LogP contribution is 2.40. The molecule has 1 aromatic rings. The molecule has 2 atom stereocenters. The average Bonchev–Trinajstić information content (AvgIpc) is 3.21. The number of nitrogens with two attached hydrogens (primary N) is 1. The number of fused-ring (bicyclic) bond motifs is 1. The molecule has 0 aliphatic carbocycles. The first-order valence-electron chi connectivity index (χ1n) is 8.13. The lowest BCUT2D eigenvalue weighted by Crippen LogP contribution is -2.71. The summed E-state index contributed by atoms with van der Waals surface area (Å²) in [4.78, 5) is 53.3. The van der Waals surface area contributed by atoms with Gasteiger partial charge in [0.1, 0.15) is 30.8 Å². The molecule has 1 fully saturated rings. The number of carboxylic acids is 1. The predicted molar refractivity (Wildman–Crippen MR) is 97.5 cm³/mol. The van der Waals surface area contributed by atoms with Gasteiger partial charge in [-0.15, -0.1) is 11.8 Å². The minimum Gasteiger partial charge on any atom is -0.477 e. The van der Waals surface area contributed by atoms with Crippen molar-refractivity contribution in [3.63, 3.8) is 0 Å². The lowest BCUT2D eigenvalue weighted by Gasteiger charge is -2.49. The molecule has 0 bridgehead atoms. The number of amides is 3. The van der Waals surface area contributed by atoms with Crippen LogP contribution >= 0.6 is 11.8 Å². The first-order chi connectivity index (χ1) is 13.8. The van der Waals surface area contributed by atoms with Crippen LogP contribution in [0.2, 0.25) is 0 Å². The van der Waals surface area contributed by atoms with Crippen LogP contribution < -0.4 is 11.1 Å². The third-order valence-corrected chi connectivity index (χ3v) is 5.42. The van der Waals surface area contributed by atoms with E-state index in [-0.39, 0.29) is 35.1 Å². The number of oxime groups is 1. The van der Waals surface area contributed by atoms with Gasteiger partial charge in [-0.25, -0.2) is 9.59 Å². The SMILES string of the molecule is CO/N=C(/C(=O)N[C@H]1C(=O)N2C(C(=O)O)=C(COC(N)=O)CSC12)c1ccco1. The van der Waals surface area contributed by atoms with Crippen molar-refractivity contribution in [2.45, 2.75) is 11.4 Å². The molecular formula is C16H16N4O8S. The molecular weight excluding hydrogens is 408 g/mol. The zero-order chi connectivity index (χ0) is 21.1. The molecule has 12 nitrogen and oxygen atoms in total. The molecule has 3 amide bonds. The molecule has 3 heterocycles. The Morgan fingerprint density at radius 3 is 2.83 bits per heavy atom. The van der Waals surface area contributed by atoms with Gasteiger partial charge in [0, 0.05) is 11.3 Å². The van der Waals surface area contributed by atoms with Crippen molar-refractivity contribution in [3.8, 4) is 0 Å². The van der Waals surface area contributed by atoms with E-state index in [0.717, 1.165) is 4.90 Å². The maximum Gasteiger partial charge on any atom is 0.404 e. The van der Waals surface area contributed by atoms with Crippen molar-refractivity contribution in [2.75, 3.05) is 19.5 Å². The van der Waals surface area contributed by atoms with E-state index in [1.165, 1.54) is 31.2 Å². The number of furan rings is 1. The van der Waals surface area contributed by atoms with Crippen molar-refractivity contribution in [1.29, 1.82) is 0 Å². The lowest BCUT2D eigenvalue weighted by atomic mass is 10.0. The van der Waals surface area contributed by atoms with Crippen molar-refractivity contribution in [1.82, 2.24) is 10.2 Å². The molecule has 1 unspecified atom stereocenters. The normalized spacial score (nSPS) is 21.2. The van der Waals surface area contributed by atoms with Crippen molar-refractivity contribution < 1.29 is 38.3 Å². The number of carbonyl (C=O) groups excluding carboxylic acids is 3. The first-order valence-corrected chi connectivity index (χ1v) is 9.18. The van der Waals surface area contributed by atoms with Gasteiger partial charge in [0.2, 0.25) is 5.71 Å². The number of carboxylic acid groups (broad SMARTS) is 1. The van der Waals surface area contributed by atoms with E-state index < -0.39 is 35.3 Å². The Kier molecular flexibility index (Phi) is 5.77. The van der Waals surface area contributed by atoms with Crippen molar-refractivity contribution in [3.05, 3.63) is 35.4 Å². The van der Waals surface area contributed by atoms with Gasteiger partial charge in [-0.2, -0.15) is 0 Å². The molecule has 154 valence electrons. The van der Waals surface area contributed by atoms with Gasteiger partial charge in [0.05, 0.1) is 6.26 Å². The second-order valence-electron chi connectivity index (χ2n) is 5.83.